The number of benzene rings is 1. The van der Waals surface area contributed by atoms with Crippen LogP contribution in [0.2, 0.25) is 0 Å². The summed E-state index contributed by atoms with van der Waals surface area (Å²) < 4.78 is 45.4. The monoisotopic (exact) mass is 312 g/mol. The van der Waals surface area contributed by atoms with Crippen molar-refractivity contribution in [1.29, 1.82) is 0 Å². The zero-order valence-corrected chi connectivity index (χ0v) is 12.6. The Hall–Kier alpha value is -1.70. The van der Waals surface area contributed by atoms with Crippen LogP contribution in [0.25, 0.3) is 0 Å². The van der Waals surface area contributed by atoms with Crippen LogP contribution in [0.3, 0.4) is 0 Å². The summed E-state index contributed by atoms with van der Waals surface area (Å²) in [5.74, 6) is 0.468. The van der Waals surface area contributed by atoms with Crippen molar-refractivity contribution in [3.63, 3.8) is 0 Å². The molecule has 0 amide bonds. The Balaban J connectivity index is 2.15. The summed E-state index contributed by atoms with van der Waals surface area (Å²) >= 11 is 0. The first-order valence-electron chi connectivity index (χ1n) is 6.40. The van der Waals surface area contributed by atoms with Gasteiger partial charge < -0.3 is 9.73 Å². The molecule has 7 heteroatoms. The van der Waals surface area contributed by atoms with Gasteiger partial charge in [0.1, 0.15) is 22.2 Å². The van der Waals surface area contributed by atoms with Gasteiger partial charge >= 0.3 is 0 Å². The zero-order valence-electron chi connectivity index (χ0n) is 11.8. The van der Waals surface area contributed by atoms with Crippen LogP contribution in [-0.2, 0) is 23.1 Å². The van der Waals surface area contributed by atoms with Crippen LogP contribution in [-0.4, -0.2) is 15.5 Å². The molecule has 2 aromatic rings. The van der Waals surface area contributed by atoms with Crippen molar-refractivity contribution in [2.75, 3.05) is 7.05 Å². The van der Waals surface area contributed by atoms with E-state index in [1.54, 1.807) is 20.0 Å². The van der Waals surface area contributed by atoms with Crippen molar-refractivity contribution in [2.45, 2.75) is 24.9 Å². The Labute approximate surface area is 123 Å². The number of halogens is 1. The molecule has 0 bridgehead atoms. The third-order valence-corrected chi connectivity index (χ3v) is 4.43. The van der Waals surface area contributed by atoms with E-state index >= 15 is 0 Å². The van der Waals surface area contributed by atoms with Gasteiger partial charge in [-0.3, -0.25) is 0 Å². The third kappa shape index (κ3) is 3.90. The third-order valence-electron chi connectivity index (χ3n) is 2.92. The summed E-state index contributed by atoms with van der Waals surface area (Å²) in [6, 6.07) is 7.27. The van der Waals surface area contributed by atoms with E-state index in [0.29, 0.717) is 23.6 Å². The minimum Gasteiger partial charge on any atom is -0.464 e. The lowest BCUT2D eigenvalue weighted by Crippen LogP contribution is -2.23. The highest BCUT2D eigenvalue weighted by atomic mass is 32.2. The summed E-state index contributed by atoms with van der Waals surface area (Å²) in [6.07, 6.45) is 0. The molecule has 0 saturated carbocycles. The molecule has 2 N–H and O–H groups in total. The standard InChI is InChI=1S/C14H17FN2O3S/c1-10-14(7-13(20-10)9-16-2)21(18,19)17-8-11-4-3-5-12(15)6-11/h3-7,16-17H,8-9H2,1-2H3. The highest BCUT2D eigenvalue weighted by Gasteiger charge is 2.21. The molecule has 5 nitrogen and oxygen atoms in total. The lowest BCUT2D eigenvalue weighted by molar-refractivity contribution is 0.465. The largest absolute Gasteiger partial charge is 0.464 e. The molecule has 0 unspecified atom stereocenters. The quantitative estimate of drug-likeness (QED) is 0.855. The molecule has 1 aromatic heterocycles. The molecule has 0 aliphatic heterocycles. The van der Waals surface area contributed by atoms with E-state index in [4.69, 9.17) is 4.42 Å². The van der Waals surface area contributed by atoms with Crippen LogP contribution >= 0.6 is 0 Å². The second-order valence-corrected chi connectivity index (χ2v) is 6.35. The highest BCUT2D eigenvalue weighted by molar-refractivity contribution is 7.89. The highest BCUT2D eigenvalue weighted by Crippen LogP contribution is 2.20. The minimum atomic E-state index is -3.69. The second-order valence-electron chi connectivity index (χ2n) is 4.62. The van der Waals surface area contributed by atoms with Gasteiger partial charge in [-0.05, 0) is 31.7 Å². The van der Waals surface area contributed by atoms with E-state index in [9.17, 15) is 12.8 Å². The molecule has 114 valence electrons. The maximum Gasteiger partial charge on any atom is 0.244 e. The fourth-order valence-corrected chi connectivity index (χ4v) is 3.17. The van der Waals surface area contributed by atoms with Crippen molar-refractivity contribution < 1.29 is 17.2 Å². The molecule has 0 radical (unpaired) electrons. The Morgan fingerprint density at radius 3 is 2.67 bits per heavy atom. The molecule has 21 heavy (non-hydrogen) atoms. The van der Waals surface area contributed by atoms with Gasteiger partial charge in [-0.1, -0.05) is 12.1 Å². The average Bonchev–Trinajstić information content (AvgIpc) is 2.79. The lowest BCUT2D eigenvalue weighted by Gasteiger charge is -2.05. The molecule has 0 spiro atoms. The lowest BCUT2D eigenvalue weighted by atomic mass is 10.2. The van der Waals surface area contributed by atoms with Gasteiger partial charge in [0, 0.05) is 12.6 Å². The molecule has 0 atom stereocenters. The number of hydrogen-bond donors (Lipinski definition) is 2. The molecule has 0 fully saturated rings. The fourth-order valence-electron chi connectivity index (χ4n) is 1.96. The molecule has 1 aromatic carbocycles. The topological polar surface area (TPSA) is 71.3 Å². The molecule has 0 aliphatic carbocycles. The molecule has 0 aliphatic rings. The first-order valence-corrected chi connectivity index (χ1v) is 7.88. The summed E-state index contributed by atoms with van der Waals surface area (Å²) in [5.41, 5.74) is 0.551. The number of aryl methyl sites for hydroxylation is 1. The van der Waals surface area contributed by atoms with Crippen LogP contribution in [0.15, 0.2) is 39.6 Å². The van der Waals surface area contributed by atoms with Gasteiger partial charge in [0.15, 0.2) is 0 Å². The van der Waals surface area contributed by atoms with E-state index in [2.05, 4.69) is 10.0 Å². The summed E-state index contributed by atoms with van der Waals surface area (Å²) in [5, 5.41) is 2.89. The normalized spacial score (nSPS) is 11.8. The number of furan rings is 1. The smallest absolute Gasteiger partial charge is 0.244 e. The van der Waals surface area contributed by atoms with Crippen LogP contribution < -0.4 is 10.0 Å². The second kappa shape index (κ2) is 6.38. The van der Waals surface area contributed by atoms with Gasteiger partial charge in [0.05, 0.1) is 6.54 Å². The van der Waals surface area contributed by atoms with Gasteiger partial charge in [-0.2, -0.15) is 0 Å². The first kappa shape index (κ1) is 15.7. The summed E-state index contributed by atoms with van der Waals surface area (Å²) in [6.45, 7) is 2.06. The average molecular weight is 312 g/mol. The maximum atomic E-state index is 13.1. The predicted molar refractivity (Wildman–Crippen MR) is 76.6 cm³/mol. The summed E-state index contributed by atoms with van der Waals surface area (Å²) in [4.78, 5) is 0.101. The van der Waals surface area contributed by atoms with Crippen molar-refractivity contribution in [3.05, 3.63) is 53.2 Å². The molecule has 1 heterocycles. The van der Waals surface area contributed by atoms with Crippen LogP contribution in [0.5, 0.6) is 0 Å². The maximum absolute atomic E-state index is 13.1. The van der Waals surface area contributed by atoms with Crippen molar-refractivity contribution in [3.8, 4) is 0 Å². The molecular weight excluding hydrogens is 295 g/mol. The number of sulfonamides is 1. The molecular formula is C14H17FN2O3S. The van der Waals surface area contributed by atoms with E-state index in [-0.39, 0.29) is 11.4 Å². The van der Waals surface area contributed by atoms with E-state index in [1.807, 2.05) is 0 Å². The van der Waals surface area contributed by atoms with E-state index in [0.717, 1.165) is 0 Å². The number of nitrogens with one attached hydrogen (secondary N) is 2. The van der Waals surface area contributed by atoms with Gasteiger partial charge in [-0.15, -0.1) is 0 Å². The van der Waals surface area contributed by atoms with Crippen molar-refractivity contribution in [1.82, 2.24) is 10.0 Å². The number of hydrogen-bond acceptors (Lipinski definition) is 4. The molecule has 0 saturated heterocycles. The summed E-state index contributed by atoms with van der Waals surface area (Å²) in [7, 11) is -1.95. The van der Waals surface area contributed by atoms with E-state index in [1.165, 1.54) is 24.3 Å². The van der Waals surface area contributed by atoms with Gasteiger partial charge in [0.2, 0.25) is 10.0 Å². The first-order chi connectivity index (χ1) is 9.92. The Kier molecular flexibility index (Phi) is 4.76. The predicted octanol–water partition coefficient (Wildman–Crippen LogP) is 1.93. The Morgan fingerprint density at radius 2 is 2.00 bits per heavy atom. The number of rotatable bonds is 6. The fraction of sp³-hybridized carbons (Fsp3) is 0.286. The Bertz CT molecular complexity index is 726. The van der Waals surface area contributed by atoms with Gasteiger partial charge in [0.25, 0.3) is 0 Å². The van der Waals surface area contributed by atoms with Crippen LogP contribution in [0, 0.1) is 12.7 Å². The van der Waals surface area contributed by atoms with Crippen LogP contribution in [0.4, 0.5) is 4.39 Å². The van der Waals surface area contributed by atoms with Crippen LogP contribution in [0.1, 0.15) is 17.1 Å². The SMILES string of the molecule is CNCc1cc(S(=O)(=O)NCc2cccc(F)c2)c(C)o1. The van der Waals surface area contributed by atoms with Crippen molar-refractivity contribution >= 4 is 10.0 Å². The van der Waals surface area contributed by atoms with Gasteiger partial charge in [-0.25, -0.2) is 17.5 Å². The van der Waals surface area contributed by atoms with E-state index < -0.39 is 15.8 Å². The molecule has 2 rings (SSSR count). The van der Waals surface area contributed by atoms with Crippen molar-refractivity contribution in [2.24, 2.45) is 0 Å². The minimum absolute atomic E-state index is 0.0199. The Morgan fingerprint density at radius 1 is 1.24 bits per heavy atom. The zero-order chi connectivity index (χ0) is 15.5.